The van der Waals surface area contributed by atoms with Crippen LogP contribution in [0.15, 0.2) is 170 Å². The second-order valence-corrected chi connectivity index (χ2v) is 29.1. The average molecular weight is 1520 g/mol. The van der Waals surface area contributed by atoms with Crippen LogP contribution in [0.2, 0.25) is 0 Å². The van der Waals surface area contributed by atoms with Gasteiger partial charge in [-0.3, -0.25) is 37.3 Å². The van der Waals surface area contributed by atoms with E-state index in [-0.39, 0.29) is 25.7 Å². The van der Waals surface area contributed by atoms with Crippen LogP contribution in [0.4, 0.5) is 0 Å². The Kier molecular flexibility index (Phi) is 73.5. The van der Waals surface area contributed by atoms with Crippen LogP contribution in [-0.4, -0.2) is 96.7 Å². The number of phosphoric ester groups is 2. The molecule has 106 heavy (non-hydrogen) atoms. The number of carbonyl (C=O) groups excluding carboxylic acids is 4. The number of esters is 4. The van der Waals surface area contributed by atoms with Crippen LogP contribution in [0.25, 0.3) is 0 Å². The van der Waals surface area contributed by atoms with E-state index in [0.29, 0.717) is 38.5 Å². The van der Waals surface area contributed by atoms with Gasteiger partial charge in [-0.2, -0.15) is 0 Å². The lowest BCUT2D eigenvalue weighted by atomic mass is 10.1. The van der Waals surface area contributed by atoms with E-state index in [4.69, 9.17) is 37.0 Å². The third-order valence-corrected chi connectivity index (χ3v) is 18.1. The first kappa shape index (κ1) is 100. The van der Waals surface area contributed by atoms with Gasteiger partial charge in [0.25, 0.3) is 0 Å². The number of rotatable bonds is 74. The summed E-state index contributed by atoms with van der Waals surface area (Å²) in [5, 5.41) is 10.6. The van der Waals surface area contributed by atoms with Gasteiger partial charge in [-0.15, -0.1) is 0 Å². The molecular formula is C87H142O17P2. The summed E-state index contributed by atoms with van der Waals surface area (Å²) in [6.45, 7) is 4.43. The minimum absolute atomic E-state index is 0.0137. The van der Waals surface area contributed by atoms with Crippen molar-refractivity contribution in [2.75, 3.05) is 39.6 Å². The molecule has 0 spiro atoms. The SMILES string of the molecule is CC/C=C\C/C=C\C/C=C\C/C=C\C/C=C\C/C=C\CCC(=O)OC[C@H](COP(=O)(O)OC[C@@H](O)COP(=O)(O)OC[C@@H](COC(=O)CCCCCCC/C=C\CCCCCC)OC(=O)CCCCCCC/C=C\CCCCCCCC)OC(=O)CC/C=C\C/C=C\C/C=C\C/C=C\C/C=C\C/C=C\CC. The maximum Gasteiger partial charge on any atom is 0.472 e. The van der Waals surface area contributed by atoms with E-state index in [0.717, 1.165) is 141 Å². The first-order chi connectivity index (χ1) is 51.7. The number of hydrogen-bond donors (Lipinski definition) is 3. The van der Waals surface area contributed by atoms with Crippen LogP contribution in [0.5, 0.6) is 0 Å². The van der Waals surface area contributed by atoms with Crippen molar-refractivity contribution in [3.8, 4) is 0 Å². The lowest BCUT2D eigenvalue weighted by Gasteiger charge is -2.21. The number of ether oxygens (including phenoxy) is 4. The molecule has 0 radical (unpaired) electrons. The molecule has 5 atom stereocenters. The maximum absolute atomic E-state index is 13.1. The second-order valence-electron chi connectivity index (χ2n) is 26.2. The Morgan fingerprint density at radius 3 is 0.840 bits per heavy atom. The second kappa shape index (κ2) is 77.6. The monoisotopic (exact) mass is 1520 g/mol. The molecule has 0 aromatic carbocycles. The minimum atomic E-state index is -5.02. The molecule has 0 saturated carbocycles. The fraction of sp³-hybridized carbons (Fsp3) is 0.632. The van der Waals surface area contributed by atoms with Crippen molar-refractivity contribution >= 4 is 39.5 Å². The molecule has 0 amide bonds. The maximum atomic E-state index is 13.1. The Hall–Kier alpha value is -5.58. The zero-order valence-corrected chi connectivity index (χ0v) is 67.6. The normalized spacial score (nSPS) is 14.7. The molecule has 0 rings (SSSR count). The molecule has 0 aliphatic heterocycles. The van der Waals surface area contributed by atoms with Gasteiger partial charge >= 0.3 is 39.5 Å². The minimum Gasteiger partial charge on any atom is -0.462 e. The van der Waals surface area contributed by atoms with Gasteiger partial charge in [0.1, 0.15) is 19.3 Å². The number of allylic oxidation sites excluding steroid dienone is 28. The molecule has 602 valence electrons. The zero-order valence-electron chi connectivity index (χ0n) is 65.8. The van der Waals surface area contributed by atoms with Crippen LogP contribution in [0, 0.1) is 0 Å². The van der Waals surface area contributed by atoms with E-state index in [9.17, 15) is 43.2 Å². The Morgan fingerprint density at radius 1 is 0.274 bits per heavy atom. The number of unbranched alkanes of at least 4 members (excludes halogenated alkanes) is 20. The molecule has 0 aromatic heterocycles. The fourth-order valence-electron chi connectivity index (χ4n) is 10.1. The van der Waals surface area contributed by atoms with Gasteiger partial charge in [-0.05, 0) is 154 Å². The Morgan fingerprint density at radius 2 is 0.509 bits per heavy atom. The Labute approximate surface area is 642 Å². The van der Waals surface area contributed by atoms with Gasteiger partial charge in [-0.1, -0.05) is 288 Å². The van der Waals surface area contributed by atoms with Crippen molar-refractivity contribution < 1.29 is 80.2 Å². The van der Waals surface area contributed by atoms with Crippen LogP contribution in [0.1, 0.15) is 297 Å². The van der Waals surface area contributed by atoms with Crippen molar-refractivity contribution in [3.63, 3.8) is 0 Å². The number of hydrogen-bond acceptors (Lipinski definition) is 15. The predicted octanol–water partition coefficient (Wildman–Crippen LogP) is 23.8. The Bertz CT molecular complexity index is 2680. The van der Waals surface area contributed by atoms with E-state index >= 15 is 0 Å². The summed E-state index contributed by atoms with van der Waals surface area (Å²) < 4.78 is 68.4. The van der Waals surface area contributed by atoms with Crippen LogP contribution in [0.3, 0.4) is 0 Å². The summed E-state index contributed by atoms with van der Waals surface area (Å²) in [5.74, 6) is -2.40. The summed E-state index contributed by atoms with van der Waals surface area (Å²) in [5.41, 5.74) is 0. The third kappa shape index (κ3) is 76.6. The summed E-state index contributed by atoms with van der Waals surface area (Å²) in [6.07, 6.45) is 92.2. The molecule has 3 N–H and O–H groups in total. The molecule has 0 aliphatic rings. The van der Waals surface area contributed by atoms with E-state index in [2.05, 4.69) is 161 Å². The van der Waals surface area contributed by atoms with Gasteiger partial charge in [0.15, 0.2) is 12.2 Å². The predicted molar refractivity (Wildman–Crippen MR) is 436 cm³/mol. The Balaban J connectivity index is 5.53. The van der Waals surface area contributed by atoms with Gasteiger partial charge in [0.05, 0.1) is 26.4 Å². The first-order valence-electron chi connectivity index (χ1n) is 40.4. The molecule has 0 aliphatic carbocycles. The summed E-state index contributed by atoms with van der Waals surface area (Å²) in [4.78, 5) is 73.0. The topological polar surface area (TPSA) is 237 Å². The van der Waals surface area contributed by atoms with E-state index < -0.39 is 97.5 Å². The van der Waals surface area contributed by atoms with E-state index in [1.807, 2.05) is 36.5 Å². The molecular weight excluding hydrogens is 1380 g/mol. The van der Waals surface area contributed by atoms with Crippen molar-refractivity contribution in [3.05, 3.63) is 170 Å². The molecule has 0 aromatic rings. The van der Waals surface area contributed by atoms with E-state index in [1.54, 1.807) is 0 Å². The number of aliphatic hydroxyl groups is 1. The highest BCUT2D eigenvalue weighted by atomic mass is 31.2. The zero-order chi connectivity index (χ0) is 77.4. The quantitative estimate of drug-likeness (QED) is 0.0169. The molecule has 19 heteroatoms. The summed E-state index contributed by atoms with van der Waals surface area (Å²) >= 11 is 0. The van der Waals surface area contributed by atoms with E-state index in [1.165, 1.54) is 64.2 Å². The van der Waals surface area contributed by atoms with Crippen molar-refractivity contribution in [1.29, 1.82) is 0 Å². The number of aliphatic hydroxyl groups excluding tert-OH is 1. The van der Waals surface area contributed by atoms with Crippen LogP contribution in [-0.2, 0) is 65.4 Å². The highest BCUT2D eigenvalue weighted by molar-refractivity contribution is 7.47. The van der Waals surface area contributed by atoms with Crippen molar-refractivity contribution in [2.45, 2.75) is 316 Å². The number of carbonyl (C=O) groups is 4. The van der Waals surface area contributed by atoms with Gasteiger partial charge in [0, 0.05) is 25.7 Å². The van der Waals surface area contributed by atoms with Gasteiger partial charge < -0.3 is 33.8 Å². The summed E-state index contributed by atoms with van der Waals surface area (Å²) in [7, 11) is -10.0. The lowest BCUT2D eigenvalue weighted by Crippen LogP contribution is -2.30. The molecule has 17 nitrogen and oxygen atoms in total. The number of phosphoric acid groups is 2. The molecule has 0 bridgehead atoms. The van der Waals surface area contributed by atoms with Crippen LogP contribution >= 0.6 is 15.6 Å². The van der Waals surface area contributed by atoms with Crippen molar-refractivity contribution in [1.82, 2.24) is 0 Å². The standard InChI is InChI=1S/C87H142O17P2/c1-5-9-13-17-21-25-29-33-36-38-40-42-45-48-52-56-60-64-68-72-85(90)98-78-83(104-87(92)74-70-66-62-58-54-50-46-43-41-39-37-34-30-26-22-18-14-10-6-2)80-102-106(95,96)100-76-81(88)75-99-105(93,94)101-79-82(77-97-84(89)71-67-63-59-55-51-47-32-28-24-20-16-12-8-4)103-86(91)73-69-65-61-57-53-49-44-35-31-27-23-19-15-11-7-3/h9-10,13-14,21-22,25-26,28,32-37,40-44,48,50,52,54,60,62,64,66,81-83,88H,5-8,11-12,15-20,23-24,27,29-31,38-39,45-47,49,51,53,55-59,61,63,65,67-80H2,1-4H3,(H,93,94)(H,95,96)/b13-9-,14-10-,25-21-,26-22-,32-28-,36-33-,37-34-,42-40-,43-41-,44-35-,52-48-,54-50-,64-60-,66-62-/t81-,82+,83+/m0/s1. The average Bonchev–Trinajstić information content (AvgIpc) is 0.903. The largest absolute Gasteiger partial charge is 0.472 e. The molecule has 0 heterocycles. The van der Waals surface area contributed by atoms with Crippen LogP contribution < -0.4 is 0 Å². The lowest BCUT2D eigenvalue weighted by molar-refractivity contribution is -0.161. The van der Waals surface area contributed by atoms with Crippen molar-refractivity contribution in [2.24, 2.45) is 0 Å². The summed E-state index contributed by atoms with van der Waals surface area (Å²) in [6, 6.07) is 0. The highest BCUT2D eigenvalue weighted by Gasteiger charge is 2.30. The smallest absolute Gasteiger partial charge is 0.462 e. The molecule has 0 saturated heterocycles. The van der Waals surface area contributed by atoms with Gasteiger partial charge in [-0.25, -0.2) is 9.13 Å². The molecule has 2 unspecified atom stereocenters. The fourth-order valence-corrected chi connectivity index (χ4v) is 11.7. The first-order valence-corrected chi connectivity index (χ1v) is 43.4. The molecule has 0 fully saturated rings. The van der Waals surface area contributed by atoms with Gasteiger partial charge in [0.2, 0.25) is 0 Å². The third-order valence-electron chi connectivity index (χ3n) is 16.2. The highest BCUT2D eigenvalue weighted by Crippen LogP contribution is 2.45.